The van der Waals surface area contributed by atoms with E-state index in [1.54, 1.807) is 17.6 Å². The first kappa shape index (κ1) is 26.7. The van der Waals surface area contributed by atoms with Crippen molar-refractivity contribution in [2.75, 3.05) is 20.0 Å². The number of carbonyl (C=O) groups is 2. The minimum atomic E-state index is -0.677. The zero-order valence-corrected chi connectivity index (χ0v) is 19.3. The van der Waals surface area contributed by atoms with E-state index in [4.69, 9.17) is 9.47 Å². The number of hydrogen-bond acceptors (Lipinski definition) is 7. The van der Waals surface area contributed by atoms with Crippen LogP contribution in [0.2, 0.25) is 0 Å². The van der Waals surface area contributed by atoms with Crippen molar-refractivity contribution in [2.24, 2.45) is 17.8 Å². The van der Waals surface area contributed by atoms with Gasteiger partial charge in [-0.3, -0.25) is 24.9 Å². The molecule has 0 aromatic heterocycles. The Kier molecular flexibility index (Phi) is 11.2. The predicted molar refractivity (Wildman–Crippen MR) is 120 cm³/mol. The van der Waals surface area contributed by atoms with E-state index in [2.05, 4.69) is 12.2 Å². The Hall–Kier alpha value is -2.56. The van der Waals surface area contributed by atoms with Crippen LogP contribution in [-0.2, 0) is 25.5 Å². The highest BCUT2D eigenvalue weighted by Gasteiger charge is 2.29. The number of rotatable bonds is 13. The fourth-order valence-electron chi connectivity index (χ4n) is 4.10. The van der Waals surface area contributed by atoms with E-state index in [0.29, 0.717) is 18.1 Å². The van der Waals surface area contributed by atoms with Gasteiger partial charge in [0.2, 0.25) is 11.8 Å². The summed E-state index contributed by atoms with van der Waals surface area (Å²) in [5.74, 6) is -0.757. The highest BCUT2D eigenvalue weighted by atomic mass is 16.7. The minimum Gasteiger partial charge on any atom is -0.356 e. The molecule has 0 bridgehead atoms. The molecule has 3 N–H and O–H groups in total. The van der Waals surface area contributed by atoms with Crippen molar-refractivity contribution in [1.82, 2.24) is 10.8 Å². The molecule has 1 saturated carbocycles. The number of ether oxygens (including phenoxy) is 2. The molecule has 0 radical (unpaired) electrons. The molecule has 2 rings (SSSR count). The van der Waals surface area contributed by atoms with Crippen LogP contribution >= 0.6 is 0 Å². The first-order valence-corrected chi connectivity index (χ1v) is 11.5. The number of benzene rings is 1. The Balaban J connectivity index is 2.07. The lowest BCUT2D eigenvalue weighted by Crippen LogP contribution is -2.45. The van der Waals surface area contributed by atoms with Crippen molar-refractivity contribution in [3.05, 3.63) is 39.9 Å². The van der Waals surface area contributed by atoms with Gasteiger partial charge in [0.25, 0.3) is 5.69 Å². The third kappa shape index (κ3) is 9.07. The van der Waals surface area contributed by atoms with Crippen LogP contribution in [0.4, 0.5) is 5.69 Å². The Morgan fingerprint density at radius 3 is 2.42 bits per heavy atom. The Bertz CT molecular complexity index is 764. The molecule has 10 nitrogen and oxygen atoms in total. The fourth-order valence-corrected chi connectivity index (χ4v) is 4.10. The van der Waals surface area contributed by atoms with E-state index < -0.39 is 22.8 Å². The summed E-state index contributed by atoms with van der Waals surface area (Å²) < 4.78 is 10.7. The summed E-state index contributed by atoms with van der Waals surface area (Å²) in [5, 5.41) is 23.1. The van der Waals surface area contributed by atoms with Crippen LogP contribution in [0.3, 0.4) is 0 Å². The summed E-state index contributed by atoms with van der Waals surface area (Å²) >= 11 is 0. The summed E-state index contributed by atoms with van der Waals surface area (Å²) in [7, 11) is 0. The quantitative estimate of drug-likeness (QED) is 0.134. The molecule has 1 fully saturated rings. The van der Waals surface area contributed by atoms with Gasteiger partial charge in [0.05, 0.1) is 17.6 Å². The van der Waals surface area contributed by atoms with E-state index in [1.807, 2.05) is 6.92 Å². The summed E-state index contributed by atoms with van der Waals surface area (Å²) in [6.07, 6.45) is 4.16. The zero-order chi connectivity index (χ0) is 24.2. The molecule has 1 aliphatic rings. The first-order chi connectivity index (χ1) is 15.8. The average Bonchev–Trinajstić information content (AvgIpc) is 2.81. The largest absolute Gasteiger partial charge is 0.356 e. The molecule has 33 heavy (non-hydrogen) atoms. The van der Waals surface area contributed by atoms with E-state index in [-0.39, 0.29) is 43.8 Å². The van der Waals surface area contributed by atoms with Crippen molar-refractivity contribution in [2.45, 2.75) is 58.4 Å². The van der Waals surface area contributed by atoms with Crippen LogP contribution < -0.4 is 10.8 Å². The van der Waals surface area contributed by atoms with Crippen LogP contribution in [0.25, 0.3) is 0 Å². The summed E-state index contributed by atoms with van der Waals surface area (Å²) in [4.78, 5) is 35.6. The standard InChI is InChI=1S/C23H35N3O7/c1-3-32-15-33-14-20(24-22(27)18-8-4-16(2)5-9-18)13-19(23(28)25-29)12-17-6-10-21(11-7-17)26(30)31/h6-7,10-11,16,18-20,29H,3-5,8-9,12-15H2,1-2H3,(H,24,27)(H,25,28)/t16-,18-,19-,20-/m0/s1. The SMILES string of the molecule is CCOCOC[C@H](C[C@H](Cc1ccc([N+](=O)[O-])cc1)C(=O)NO)NC(=O)[C@H]1CC[C@H](C)CC1. The van der Waals surface area contributed by atoms with Gasteiger partial charge in [0.1, 0.15) is 6.79 Å². The molecule has 184 valence electrons. The van der Waals surface area contributed by atoms with Gasteiger partial charge in [-0.05, 0) is 56.9 Å². The number of nitrogens with zero attached hydrogens (tertiary/aromatic N) is 1. The van der Waals surface area contributed by atoms with E-state index in [9.17, 15) is 24.9 Å². The molecule has 2 amide bonds. The van der Waals surface area contributed by atoms with Gasteiger partial charge >= 0.3 is 0 Å². The molecule has 0 spiro atoms. The zero-order valence-electron chi connectivity index (χ0n) is 19.3. The molecule has 0 heterocycles. The topological polar surface area (TPSA) is 140 Å². The average molecular weight is 466 g/mol. The first-order valence-electron chi connectivity index (χ1n) is 11.5. The molecule has 0 aliphatic heterocycles. The molecule has 0 saturated heterocycles. The van der Waals surface area contributed by atoms with Crippen molar-refractivity contribution in [3.63, 3.8) is 0 Å². The maximum atomic E-state index is 12.9. The monoisotopic (exact) mass is 465 g/mol. The number of nitro groups is 1. The van der Waals surface area contributed by atoms with E-state index >= 15 is 0 Å². The minimum absolute atomic E-state index is 0.0434. The van der Waals surface area contributed by atoms with Gasteiger partial charge in [0, 0.05) is 30.6 Å². The highest BCUT2D eigenvalue weighted by Crippen LogP contribution is 2.28. The van der Waals surface area contributed by atoms with Crippen molar-refractivity contribution < 1.29 is 29.2 Å². The lowest BCUT2D eigenvalue weighted by atomic mass is 9.82. The number of hydrogen-bond donors (Lipinski definition) is 3. The molecule has 0 unspecified atom stereocenters. The third-order valence-corrected chi connectivity index (χ3v) is 6.10. The number of non-ortho nitro benzene ring substituents is 1. The summed E-state index contributed by atoms with van der Waals surface area (Å²) in [5.41, 5.74) is 2.35. The van der Waals surface area contributed by atoms with E-state index in [0.717, 1.165) is 25.7 Å². The van der Waals surface area contributed by atoms with Gasteiger partial charge in [-0.25, -0.2) is 5.48 Å². The smallest absolute Gasteiger partial charge is 0.269 e. The summed E-state index contributed by atoms with van der Waals surface area (Å²) in [6, 6.07) is 5.45. The second-order valence-electron chi connectivity index (χ2n) is 8.68. The van der Waals surface area contributed by atoms with Crippen LogP contribution in [0.5, 0.6) is 0 Å². The Morgan fingerprint density at radius 1 is 1.18 bits per heavy atom. The molecular formula is C23H35N3O7. The van der Waals surface area contributed by atoms with E-state index in [1.165, 1.54) is 12.1 Å². The van der Waals surface area contributed by atoms with Gasteiger partial charge in [-0.1, -0.05) is 19.1 Å². The Morgan fingerprint density at radius 2 is 1.85 bits per heavy atom. The van der Waals surface area contributed by atoms with Crippen molar-refractivity contribution >= 4 is 17.5 Å². The van der Waals surface area contributed by atoms with Gasteiger partial charge in [-0.2, -0.15) is 0 Å². The second-order valence-corrected chi connectivity index (χ2v) is 8.68. The van der Waals surface area contributed by atoms with Crippen molar-refractivity contribution in [3.8, 4) is 0 Å². The normalized spacial score (nSPS) is 20.0. The van der Waals surface area contributed by atoms with Gasteiger partial charge in [-0.15, -0.1) is 0 Å². The summed E-state index contributed by atoms with van der Waals surface area (Å²) in [6.45, 7) is 4.76. The molecule has 2 atom stereocenters. The number of hydroxylamine groups is 1. The number of nitrogens with one attached hydrogen (secondary N) is 2. The molecule has 10 heteroatoms. The van der Waals surface area contributed by atoms with Crippen molar-refractivity contribution in [1.29, 1.82) is 0 Å². The van der Waals surface area contributed by atoms with Gasteiger partial charge < -0.3 is 14.8 Å². The molecule has 1 aliphatic carbocycles. The fraction of sp³-hybridized carbons (Fsp3) is 0.652. The number of amides is 2. The van der Waals surface area contributed by atoms with Crippen LogP contribution in [0, 0.1) is 27.9 Å². The predicted octanol–water partition coefficient (Wildman–Crippen LogP) is 2.97. The molecular weight excluding hydrogens is 430 g/mol. The molecule has 1 aromatic rings. The van der Waals surface area contributed by atoms with Crippen LogP contribution in [-0.4, -0.2) is 48.0 Å². The number of nitro benzene ring substituents is 1. The maximum absolute atomic E-state index is 12.9. The number of carbonyl (C=O) groups excluding carboxylic acids is 2. The highest BCUT2D eigenvalue weighted by molar-refractivity contribution is 5.80. The maximum Gasteiger partial charge on any atom is 0.269 e. The van der Waals surface area contributed by atoms with Gasteiger partial charge in [0.15, 0.2) is 0 Å². The lowest BCUT2D eigenvalue weighted by Gasteiger charge is -2.29. The second kappa shape index (κ2) is 13.9. The Labute approximate surface area is 194 Å². The lowest BCUT2D eigenvalue weighted by molar-refractivity contribution is -0.384. The van der Waals surface area contributed by atoms with Crippen LogP contribution in [0.1, 0.15) is 51.5 Å². The van der Waals surface area contributed by atoms with Crippen LogP contribution in [0.15, 0.2) is 24.3 Å². The third-order valence-electron chi connectivity index (χ3n) is 6.10. The molecule has 1 aromatic carbocycles.